The van der Waals surface area contributed by atoms with Gasteiger partial charge in [-0.15, -0.1) is 0 Å². The van der Waals surface area contributed by atoms with Gasteiger partial charge in [0, 0.05) is 17.4 Å². The molecule has 6 heterocycles. The molecule has 5 N–H and O–H groups in total. The van der Waals surface area contributed by atoms with E-state index in [1.165, 1.54) is 21.8 Å². The minimum Gasteiger partial charge on any atom is -0.394 e. The molecule has 7 rings (SSSR count). The average molecular weight is 785 g/mol. The van der Waals surface area contributed by atoms with Crippen molar-refractivity contribution in [2.45, 2.75) is 70.2 Å². The fourth-order valence-corrected chi connectivity index (χ4v) is 7.60. The van der Waals surface area contributed by atoms with Gasteiger partial charge in [0.25, 0.3) is 21.6 Å². The largest absolute Gasteiger partial charge is 0.394 e. The predicted octanol–water partition coefficient (Wildman–Crippen LogP) is 1.03. The first-order valence-electron chi connectivity index (χ1n) is 17.2. The number of imidazole rings is 2. The van der Waals surface area contributed by atoms with Gasteiger partial charge in [0.2, 0.25) is 11.9 Å². The molecule has 0 aliphatic carbocycles. The highest BCUT2D eigenvalue weighted by Crippen LogP contribution is 2.39. The van der Waals surface area contributed by atoms with E-state index in [1.54, 1.807) is 51.1 Å². The number of nitrogens with one attached hydrogen (secondary N) is 3. The van der Waals surface area contributed by atoms with Crippen molar-refractivity contribution >= 4 is 56.0 Å². The van der Waals surface area contributed by atoms with Gasteiger partial charge in [-0.3, -0.25) is 38.0 Å². The van der Waals surface area contributed by atoms with Crippen molar-refractivity contribution < 1.29 is 46.3 Å². The normalized spacial score (nSPS) is 25.6. The average Bonchev–Trinajstić information content (AvgIpc) is 3.92. The van der Waals surface area contributed by atoms with Gasteiger partial charge in [0.15, 0.2) is 46.8 Å². The van der Waals surface area contributed by atoms with Crippen molar-refractivity contribution in [2.75, 3.05) is 23.0 Å². The molecule has 55 heavy (non-hydrogen) atoms. The first kappa shape index (κ1) is 38.0. The topological polar surface area (TPSA) is 268 Å². The lowest BCUT2D eigenvalue weighted by Gasteiger charge is -2.19. The van der Waals surface area contributed by atoms with Crippen LogP contribution < -0.4 is 16.2 Å². The number of carbonyl (C=O) groups is 2. The number of benzene rings is 1. The molecular weight excluding hydrogens is 747 g/mol. The van der Waals surface area contributed by atoms with Gasteiger partial charge < -0.3 is 25.0 Å². The molecule has 1 unspecified atom stereocenters. The Morgan fingerprint density at radius 3 is 2.40 bits per heavy atom. The van der Waals surface area contributed by atoms with Crippen molar-refractivity contribution in [3.05, 3.63) is 65.2 Å². The van der Waals surface area contributed by atoms with Crippen molar-refractivity contribution in [1.82, 2.24) is 39.0 Å². The predicted molar refractivity (Wildman–Crippen MR) is 190 cm³/mol. The summed E-state index contributed by atoms with van der Waals surface area (Å²) < 4.78 is 62.2. The quantitative estimate of drug-likeness (QED) is 0.111. The number of H-pyrrole nitrogens is 1. The zero-order valence-corrected chi connectivity index (χ0v) is 30.3. The highest BCUT2D eigenvalue weighted by molar-refractivity contribution is 7.86. The molecule has 2 amide bonds. The smallest absolute Gasteiger partial charge is 0.280 e. The van der Waals surface area contributed by atoms with E-state index in [4.69, 9.17) is 13.7 Å². The molecule has 4 aromatic heterocycles. The minimum absolute atomic E-state index is 0.0146. The Hall–Kier alpha value is -5.26. The summed E-state index contributed by atoms with van der Waals surface area (Å²) in [6.07, 6.45) is -6.61. The Morgan fingerprint density at radius 1 is 1.00 bits per heavy atom. The van der Waals surface area contributed by atoms with Crippen molar-refractivity contribution in [3.8, 4) is 0 Å². The van der Waals surface area contributed by atoms with E-state index in [2.05, 4.69) is 40.5 Å². The minimum atomic E-state index is -4.49. The van der Waals surface area contributed by atoms with Crippen LogP contribution in [0.1, 0.15) is 50.0 Å². The lowest BCUT2D eigenvalue weighted by molar-refractivity contribution is -0.118. The molecule has 2 aliphatic rings. The number of aromatic amines is 1. The zero-order valence-electron chi connectivity index (χ0n) is 29.5. The second-order valence-corrected chi connectivity index (χ2v) is 15.2. The molecule has 2 aliphatic heterocycles. The van der Waals surface area contributed by atoms with Crippen LogP contribution in [0.4, 0.5) is 16.2 Å². The number of hydrogen-bond donors (Lipinski definition) is 5. The van der Waals surface area contributed by atoms with Gasteiger partial charge >= 0.3 is 0 Å². The Bertz CT molecular complexity index is 2390. The summed E-state index contributed by atoms with van der Waals surface area (Å²) in [5.41, 5.74) is -0.169. The van der Waals surface area contributed by atoms with Gasteiger partial charge in [-0.1, -0.05) is 39.0 Å². The van der Waals surface area contributed by atoms with Crippen molar-refractivity contribution in [1.29, 1.82) is 0 Å². The summed E-state index contributed by atoms with van der Waals surface area (Å²) in [5, 5.41) is 26.3. The van der Waals surface area contributed by atoms with Crippen LogP contribution >= 0.6 is 0 Å². The van der Waals surface area contributed by atoms with Crippen LogP contribution in [-0.4, -0.2) is 112 Å². The van der Waals surface area contributed by atoms with E-state index >= 15 is 4.39 Å². The fraction of sp³-hybridized carbons (Fsp3) is 0.455. The second-order valence-electron chi connectivity index (χ2n) is 13.5. The summed E-state index contributed by atoms with van der Waals surface area (Å²) in [5.74, 6) is -2.63. The lowest BCUT2D eigenvalue weighted by atomic mass is 9.99. The maximum absolute atomic E-state index is 16.1. The number of rotatable bonds is 12. The van der Waals surface area contributed by atoms with Gasteiger partial charge in [0.1, 0.15) is 24.6 Å². The van der Waals surface area contributed by atoms with E-state index in [-0.39, 0.29) is 40.5 Å². The van der Waals surface area contributed by atoms with Crippen LogP contribution in [0.15, 0.2) is 54.1 Å². The Balaban J connectivity index is 1.03. The molecule has 8 atom stereocenters. The molecule has 0 bridgehead atoms. The number of ether oxygens (including phenoxy) is 2. The second kappa shape index (κ2) is 15.1. The van der Waals surface area contributed by atoms with Crippen LogP contribution in [0.2, 0.25) is 0 Å². The van der Waals surface area contributed by atoms with E-state index in [9.17, 15) is 33.0 Å². The zero-order chi connectivity index (χ0) is 39.2. The van der Waals surface area contributed by atoms with E-state index < -0.39 is 94.7 Å². The van der Waals surface area contributed by atoms with Gasteiger partial charge in [-0.25, -0.2) is 24.3 Å². The molecule has 0 saturated carbocycles. The third kappa shape index (κ3) is 7.43. The number of hydrogen-bond acceptors (Lipinski definition) is 15. The van der Waals surface area contributed by atoms with Crippen LogP contribution in [-0.2, 0) is 28.6 Å². The number of nitrogens with zero attached hydrogens (tertiary/aromatic N) is 7. The van der Waals surface area contributed by atoms with Crippen molar-refractivity contribution in [2.24, 2.45) is 11.8 Å². The molecule has 2 saturated heterocycles. The number of fused-ring (bicyclic) bond motifs is 2. The first-order chi connectivity index (χ1) is 26.3. The lowest BCUT2D eigenvalue weighted by Crippen LogP contribution is -2.37. The highest BCUT2D eigenvalue weighted by Gasteiger charge is 2.50. The number of amides is 2. The highest BCUT2D eigenvalue weighted by atomic mass is 32.2. The monoisotopic (exact) mass is 784 g/mol. The standard InChI is InChI=1S/C33H37FN10O10S/c1-15(2)28(47)41-33-40-27-22(30(49)42-33)38-14-44(27)32-23(46)16(3)18(52-32)9-10-55(50,51)54-24-19(11-45)53-31(20(24)34)43-13-37-21-25(35-12-36-26(21)43)39-29(48)17-7-5-4-6-8-17/h4-8,12-16,18-20,23-24,31-32,45-46H,9-11H2,1-3H3,(H,35,36,39,48)(H2,40,41,42,47,49)/t16-,18-,19-,20-,23-,24?,31-,32-/m1/s1. The fourth-order valence-electron chi connectivity index (χ4n) is 6.41. The SMILES string of the molecule is CC(C)C(=O)Nc1nc2c(ncn2[C@@H]2O[C@H](CCS(=O)(=O)OC3[C@@H](F)[C@H](n4cnc5c(NC(=O)c6ccccc6)ncnc54)O[C@@H]3CO)[C@@H](C)[C@H]2O)c(=O)[nH]1. The molecule has 2 fully saturated rings. The molecule has 0 radical (unpaired) electrons. The van der Waals surface area contributed by atoms with E-state index in [1.807, 2.05) is 0 Å². The number of aromatic nitrogens is 8. The number of aliphatic hydroxyl groups excluding tert-OH is 2. The number of anilines is 2. The molecule has 22 heteroatoms. The van der Waals surface area contributed by atoms with Crippen LogP contribution in [0, 0.1) is 11.8 Å². The van der Waals surface area contributed by atoms with Gasteiger partial charge in [0.05, 0.1) is 31.1 Å². The van der Waals surface area contributed by atoms with Gasteiger partial charge in [-0.2, -0.15) is 13.4 Å². The summed E-state index contributed by atoms with van der Waals surface area (Å²) >= 11 is 0. The number of halogens is 1. The van der Waals surface area contributed by atoms with Crippen LogP contribution in [0.25, 0.3) is 22.3 Å². The molecule has 292 valence electrons. The molecule has 5 aromatic rings. The van der Waals surface area contributed by atoms with Gasteiger partial charge in [-0.05, 0) is 18.6 Å². The molecule has 20 nitrogen and oxygen atoms in total. The number of alkyl halides is 1. The number of carbonyl (C=O) groups excluding carboxylic acids is 2. The molecular formula is C33H37FN10O10S. The van der Waals surface area contributed by atoms with Crippen molar-refractivity contribution in [3.63, 3.8) is 0 Å². The Morgan fingerprint density at radius 2 is 1.69 bits per heavy atom. The Kier molecular flexibility index (Phi) is 10.4. The summed E-state index contributed by atoms with van der Waals surface area (Å²) in [7, 11) is -4.49. The Labute approximate surface area is 311 Å². The van der Waals surface area contributed by atoms with Crippen LogP contribution in [0.5, 0.6) is 0 Å². The maximum Gasteiger partial charge on any atom is 0.280 e. The number of aliphatic hydroxyl groups is 2. The maximum atomic E-state index is 16.1. The summed E-state index contributed by atoms with van der Waals surface area (Å²) in [6, 6.07) is 8.35. The molecule has 1 aromatic carbocycles. The molecule has 0 spiro atoms. The van der Waals surface area contributed by atoms with Crippen LogP contribution in [0.3, 0.4) is 0 Å². The van der Waals surface area contributed by atoms with E-state index in [0.29, 0.717) is 5.56 Å². The third-order valence-electron chi connectivity index (χ3n) is 9.46. The third-order valence-corrected chi connectivity index (χ3v) is 10.7. The first-order valence-corrected chi connectivity index (χ1v) is 18.8. The summed E-state index contributed by atoms with van der Waals surface area (Å²) in [6.45, 7) is 4.18. The summed E-state index contributed by atoms with van der Waals surface area (Å²) in [4.78, 5) is 60.9. The van der Waals surface area contributed by atoms with E-state index in [0.717, 1.165) is 6.33 Å².